The first-order valence-corrected chi connectivity index (χ1v) is 9.60. The van der Waals surface area contributed by atoms with E-state index in [0.717, 1.165) is 0 Å². The second-order valence-electron chi connectivity index (χ2n) is 6.91. The number of carbonyl (C=O) groups excluding carboxylic acids is 3. The Morgan fingerprint density at radius 2 is 1.96 bits per heavy atom. The van der Waals surface area contributed by atoms with Gasteiger partial charge in [0.05, 0.1) is 35.0 Å². The number of carbonyl (C=O) groups is 3. The van der Waals surface area contributed by atoms with Gasteiger partial charge in [0.15, 0.2) is 0 Å². The number of hydrogen-bond acceptors (Lipinski definition) is 5. The molecule has 1 aromatic heterocycles. The fraction of sp³-hybridized carbons (Fsp3) is 0.250. The minimum Gasteiger partial charge on any atom is -0.360 e. The number of ether oxygens (including phenoxy) is 1. The summed E-state index contributed by atoms with van der Waals surface area (Å²) in [6.45, 7) is 0.152. The van der Waals surface area contributed by atoms with Crippen LogP contribution in [-0.4, -0.2) is 36.0 Å². The molecule has 6 nitrogen and oxygen atoms in total. The molecule has 3 aliphatic rings. The molecule has 5 rings (SSSR count). The number of amides is 3. The molecule has 0 aliphatic carbocycles. The molecule has 3 amide bonds. The van der Waals surface area contributed by atoms with Gasteiger partial charge in [-0.25, -0.2) is 4.90 Å². The van der Waals surface area contributed by atoms with Gasteiger partial charge in [0.25, 0.3) is 5.91 Å². The number of rotatable bonds is 4. The quantitative estimate of drug-likeness (QED) is 0.650. The molecule has 2 aromatic rings. The van der Waals surface area contributed by atoms with Crippen molar-refractivity contribution in [2.75, 3.05) is 11.4 Å². The second kappa shape index (κ2) is 5.87. The standard InChI is InChI=1S/C20H16N2O4S/c23-17(14-7-4-10-27-14)21-11-20-9-8-13(26-20)15-16(20)19(25)22(18(15)24)12-5-2-1-3-6-12/h1-10,13,15-16H,11H2,(H,21,23)/t13-,15+,16+,20-/m1/s1. The van der Waals surface area contributed by atoms with E-state index in [1.54, 1.807) is 30.3 Å². The van der Waals surface area contributed by atoms with Crippen molar-refractivity contribution in [2.45, 2.75) is 11.7 Å². The van der Waals surface area contributed by atoms with E-state index in [4.69, 9.17) is 4.74 Å². The maximum Gasteiger partial charge on any atom is 0.261 e. The molecule has 0 unspecified atom stereocenters. The highest BCUT2D eigenvalue weighted by Crippen LogP contribution is 2.52. The lowest BCUT2D eigenvalue weighted by molar-refractivity contribution is -0.126. The molecule has 136 valence electrons. The lowest BCUT2D eigenvalue weighted by Crippen LogP contribution is -2.48. The highest BCUT2D eigenvalue weighted by atomic mass is 32.1. The maximum absolute atomic E-state index is 13.1. The Labute approximate surface area is 159 Å². The molecule has 3 aliphatic heterocycles. The van der Waals surface area contributed by atoms with E-state index < -0.39 is 23.5 Å². The van der Waals surface area contributed by atoms with Crippen LogP contribution in [0, 0.1) is 11.8 Å². The third-order valence-corrected chi connectivity index (χ3v) is 6.31. The number of benzene rings is 1. The average molecular weight is 380 g/mol. The topological polar surface area (TPSA) is 75.7 Å². The van der Waals surface area contributed by atoms with Crippen LogP contribution < -0.4 is 10.2 Å². The van der Waals surface area contributed by atoms with Crippen molar-refractivity contribution in [3.63, 3.8) is 0 Å². The van der Waals surface area contributed by atoms with Crippen molar-refractivity contribution < 1.29 is 19.1 Å². The van der Waals surface area contributed by atoms with Gasteiger partial charge >= 0.3 is 0 Å². The summed E-state index contributed by atoms with van der Waals surface area (Å²) >= 11 is 1.35. The second-order valence-corrected chi connectivity index (χ2v) is 7.86. The molecule has 2 bridgehead atoms. The number of anilines is 1. The van der Waals surface area contributed by atoms with E-state index in [2.05, 4.69) is 5.32 Å². The van der Waals surface area contributed by atoms with Crippen LogP contribution in [0.25, 0.3) is 0 Å². The summed E-state index contributed by atoms with van der Waals surface area (Å²) in [6, 6.07) is 12.5. The van der Waals surface area contributed by atoms with Crippen molar-refractivity contribution in [1.29, 1.82) is 0 Å². The number of thiophene rings is 1. The van der Waals surface area contributed by atoms with Crippen molar-refractivity contribution in [3.05, 3.63) is 64.9 Å². The van der Waals surface area contributed by atoms with Crippen LogP contribution in [-0.2, 0) is 14.3 Å². The number of fused-ring (bicyclic) bond motifs is 5. The lowest BCUT2D eigenvalue weighted by Gasteiger charge is -2.29. The van der Waals surface area contributed by atoms with E-state index in [1.807, 2.05) is 29.7 Å². The summed E-state index contributed by atoms with van der Waals surface area (Å²) in [5.74, 6) is -1.88. The molecule has 0 saturated carbocycles. The molecular formula is C20H16N2O4S. The molecule has 4 atom stereocenters. The highest BCUT2D eigenvalue weighted by molar-refractivity contribution is 7.12. The Balaban J connectivity index is 1.42. The number of nitrogens with zero attached hydrogens (tertiary/aromatic N) is 1. The van der Waals surface area contributed by atoms with Gasteiger partial charge in [-0.2, -0.15) is 0 Å². The molecule has 1 aromatic carbocycles. The molecular weight excluding hydrogens is 364 g/mol. The monoisotopic (exact) mass is 380 g/mol. The van der Waals surface area contributed by atoms with Crippen molar-refractivity contribution in [2.24, 2.45) is 11.8 Å². The Kier molecular flexibility index (Phi) is 3.57. The smallest absolute Gasteiger partial charge is 0.261 e. The van der Waals surface area contributed by atoms with Crippen LogP contribution in [0.4, 0.5) is 5.69 Å². The normalized spacial score (nSPS) is 30.8. The number of imide groups is 1. The minimum atomic E-state index is -0.974. The van der Waals surface area contributed by atoms with Gasteiger partial charge in [0.1, 0.15) is 5.60 Å². The summed E-state index contributed by atoms with van der Waals surface area (Å²) in [7, 11) is 0. The van der Waals surface area contributed by atoms with E-state index in [1.165, 1.54) is 16.2 Å². The van der Waals surface area contributed by atoms with Crippen LogP contribution in [0.3, 0.4) is 0 Å². The first-order chi connectivity index (χ1) is 13.1. The van der Waals surface area contributed by atoms with E-state index in [0.29, 0.717) is 10.6 Å². The van der Waals surface area contributed by atoms with Crippen LogP contribution >= 0.6 is 11.3 Å². The summed E-state index contributed by atoms with van der Waals surface area (Å²) < 4.78 is 6.03. The minimum absolute atomic E-state index is 0.152. The third-order valence-electron chi connectivity index (χ3n) is 5.44. The molecule has 0 spiro atoms. The van der Waals surface area contributed by atoms with Gasteiger partial charge in [-0.1, -0.05) is 36.4 Å². The molecule has 2 saturated heterocycles. The number of para-hydroxylation sites is 1. The fourth-order valence-electron chi connectivity index (χ4n) is 4.25. The summed E-state index contributed by atoms with van der Waals surface area (Å²) in [5.41, 5.74) is -0.405. The van der Waals surface area contributed by atoms with E-state index >= 15 is 0 Å². The van der Waals surface area contributed by atoms with Gasteiger partial charge in [0, 0.05) is 0 Å². The first-order valence-electron chi connectivity index (χ1n) is 8.72. The van der Waals surface area contributed by atoms with Gasteiger partial charge < -0.3 is 10.1 Å². The number of hydrogen-bond donors (Lipinski definition) is 1. The van der Waals surface area contributed by atoms with Crippen molar-refractivity contribution in [1.82, 2.24) is 5.32 Å². The summed E-state index contributed by atoms with van der Waals surface area (Å²) in [5, 5.41) is 4.69. The van der Waals surface area contributed by atoms with E-state index in [-0.39, 0.29) is 24.3 Å². The summed E-state index contributed by atoms with van der Waals surface area (Å²) in [6.07, 6.45) is 3.23. The largest absolute Gasteiger partial charge is 0.360 e. The van der Waals surface area contributed by atoms with Crippen molar-refractivity contribution >= 4 is 34.7 Å². The maximum atomic E-state index is 13.1. The molecule has 4 heterocycles. The van der Waals surface area contributed by atoms with Crippen LogP contribution in [0.15, 0.2) is 60.0 Å². The van der Waals surface area contributed by atoms with Crippen LogP contribution in [0.1, 0.15) is 9.67 Å². The lowest BCUT2D eigenvalue weighted by atomic mass is 9.77. The molecule has 2 fully saturated rings. The van der Waals surface area contributed by atoms with E-state index in [9.17, 15) is 14.4 Å². The Morgan fingerprint density at radius 1 is 1.15 bits per heavy atom. The zero-order valence-electron chi connectivity index (χ0n) is 14.2. The SMILES string of the molecule is O=C(NC[C@@]12C=C[C@@H](O1)[C@@H]1C(=O)N(c3ccccc3)C(=O)[C@H]12)c1cccs1. The fourth-order valence-corrected chi connectivity index (χ4v) is 4.89. The van der Waals surface area contributed by atoms with Gasteiger partial charge in [-0.3, -0.25) is 14.4 Å². The third kappa shape index (κ3) is 2.32. The predicted molar refractivity (Wildman–Crippen MR) is 99.3 cm³/mol. The zero-order valence-corrected chi connectivity index (χ0v) is 15.0. The number of nitrogens with one attached hydrogen (secondary N) is 1. The average Bonchev–Trinajstić information content (AvgIpc) is 3.44. The van der Waals surface area contributed by atoms with Gasteiger partial charge in [-0.15, -0.1) is 11.3 Å². The Bertz CT molecular complexity index is 956. The van der Waals surface area contributed by atoms with Crippen molar-refractivity contribution in [3.8, 4) is 0 Å². The summed E-state index contributed by atoms with van der Waals surface area (Å²) in [4.78, 5) is 40.3. The van der Waals surface area contributed by atoms with Crippen LogP contribution in [0.5, 0.6) is 0 Å². The Hall–Kier alpha value is -2.77. The van der Waals surface area contributed by atoms with Gasteiger partial charge in [0.2, 0.25) is 11.8 Å². The predicted octanol–water partition coefficient (Wildman–Crippen LogP) is 1.99. The van der Waals surface area contributed by atoms with Crippen LogP contribution in [0.2, 0.25) is 0 Å². The highest BCUT2D eigenvalue weighted by Gasteiger charge is 2.67. The van der Waals surface area contributed by atoms with Gasteiger partial charge in [-0.05, 0) is 23.6 Å². The molecule has 7 heteroatoms. The molecule has 1 N–H and O–H groups in total. The molecule has 27 heavy (non-hydrogen) atoms. The zero-order chi connectivity index (χ0) is 18.6. The first kappa shape index (κ1) is 16.4. The Morgan fingerprint density at radius 3 is 2.70 bits per heavy atom. The molecule has 0 radical (unpaired) electrons.